The Hall–Kier alpha value is -2.94. The van der Waals surface area contributed by atoms with Crippen LogP contribution < -0.4 is 9.44 Å². The Bertz CT molecular complexity index is 1300. The van der Waals surface area contributed by atoms with Gasteiger partial charge in [0.2, 0.25) is 0 Å². The van der Waals surface area contributed by atoms with E-state index in [0.717, 1.165) is 21.5 Å². The molecule has 28 heavy (non-hydrogen) atoms. The Labute approximate surface area is 164 Å². The van der Waals surface area contributed by atoms with Gasteiger partial charge in [0.15, 0.2) is 0 Å². The zero-order valence-corrected chi connectivity index (χ0v) is 16.1. The molecule has 142 valence electrons. The van der Waals surface area contributed by atoms with Crippen LogP contribution >= 0.6 is 0 Å². The second-order valence-electron chi connectivity index (χ2n) is 6.19. The number of benzene rings is 4. The molecule has 0 aliphatic rings. The fourth-order valence-electron chi connectivity index (χ4n) is 3.06. The maximum absolute atomic E-state index is 12.8. The van der Waals surface area contributed by atoms with Crippen molar-refractivity contribution in [3.63, 3.8) is 0 Å². The van der Waals surface area contributed by atoms with Crippen molar-refractivity contribution in [3.8, 4) is 0 Å². The van der Waals surface area contributed by atoms with E-state index in [1.165, 1.54) is 24.3 Å². The lowest BCUT2D eigenvalue weighted by atomic mass is 10.0. The first-order valence-electron chi connectivity index (χ1n) is 8.33. The molecule has 2 N–H and O–H groups in total. The molecule has 0 fully saturated rings. The average molecular weight is 411 g/mol. The Morgan fingerprint density at radius 2 is 1.43 bits per heavy atom. The van der Waals surface area contributed by atoms with Gasteiger partial charge >= 0.3 is 0 Å². The second-order valence-corrected chi connectivity index (χ2v) is 8.55. The summed E-state index contributed by atoms with van der Waals surface area (Å²) in [5.41, 5.74) is 0.759. The molecule has 0 bridgehead atoms. The molecule has 0 heterocycles. The molecular formula is C20H15N2O4S2-. The maximum Gasteiger partial charge on any atom is 0.261 e. The maximum atomic E-state index is 12.8. The van der Waals surface area contributed by atoms with Crippen LogP contribution in [0, 0.1) is 0 Å². The largest absolute Gasteiger partial charge is 0.755 e. The van der Waals surface area contributed by atoms with Crippen LogP contribution in [-0.4, -0.2) is 17.2 Å². The van der Waals surface area contributed by atoms with E-state index in [-0.39, 0.29) is 10.6 Å². The third-order valence-corrected chi connectivity index (χ3v) is 6.14. The van der Waals surface area contributed by atoms with E-state index < -0.39 is 21.3 Å². The summed E-state index contributed by atoms with van der Waals surface area (Å²) in [5, 5.41) is 3.82. The molecule has 4 rings (SSSR count). The number of nitrogens with one attached hydrogen (secondary N) is 2. The van der Waals surface area contributed by atoms with Gasteiger partial charge in [0.05, 0.1) is 10.6 Å². The van der Waals surface area contributed by atoms with E-state index in [1.54, 1.807) is 12.1 Å². The molecule has 0 aromatic heterocycles. The lowest BCUT2D eigenvalue weighted by Crippen LogP contribution is -2.13. The van der Waals surface area contributed by atoms with Gasteiger partial charge in [-0.25, -0.2) is 8.42 Å². The van der Waals surface area contributed by atoms with Gasteiger partial charge in [-0.2, -0.15) is 0 Å². The molecule has 1 atom stereocenters. The van der Waals surface area contributed by atoms with Crippen LogP contribution in [0.4, 0.5) is 11.4 Å². The zero-order chi connectivity index (χ0) is 19.7. The van der Waals surface area contributed by atoms with Crippen LogP contribution in [-0.2, 0) is 21.3 Å². The number of sulfonamides is 1. The Kier molecular flexibility index (Phi) is 4.76. The van der Waals surface area contributed by atoms with Gasteiger partial charge in [-0.3, -0.25) is 8.93 Å². The monoisotopic (exact) mass is 411 g/mol. The van der Waals surface area contributed by atoms with Crippen LogP contribution in [0.25, 0.3) is 21.5 Å². The van der Waals surface area contributed by atoms with Crippen LogP contribution in [0.15, 0.2) is 83.8 Å². The zero-order valence-electron chi connectivity index (χ0n) is 14.5. The standard InChI is InChI=1S/C20H16N2O4S2/c23-27(24)21-17-8-10-18(11-9-17)28(25,26)22-20-7-3-6-16-12-14-4-1-2-5-15(14)13-19(16)20/h1-13,21-22H,(H,23,24)/p-1. The minimum absolute atomic E-state index is 0.0347. The van der Waals surface area contributed by atoms with Gasteiger partial charge in [-0.05, 0) is 58.6 Å². The van der Waals surface area contributed by atoms with Gasteiger partial charge in [0, 0.05) is 22.3 Å². The van der Waals surface area contributed by atoms with Crippen molar-refractivity contribution in [2.75, 3.05) is 9.44 Å². The summed E-state index contributed by atoms with van der Waals surface area (Å²) in [7, 11) is -3.84. The molecule has 0 aliphatic carbocycles. The van der Waals surface area contributed by atoms with Crippen molar-refractivity contribution < 1.29 is 17.2 Å². The molecule has 1 unspecified atom stereocenters. The molecule has 0 amide bonds. The first-order valence-corrected chi connectivity index (χ1v) is 10.9. The predicted molar refractivity (Wildman–Crippen MR) is 111 cm³/mol. The minimum Gasteiger partial charge on any atom is -0.755 e. The molecule has 0 radical (unpaired) electrons. The van der Waals surface area contributed by atoms with Crippen molar-refractivity contribution in [3.05, 3.63) is 78.9 Å². The lowest BCUT2D eigenvalue weighted by Gasteiger charge is -2.13. The molecule has 4 aromatic carbocycles. The topological polar surface area (TPSA) is 98.3 Å². The highest BCUT2D eigenvalue weighted by Gasteiger charge is 2.15. The Morgan fingerprint density at radius 1 is 0.786 bits per heavy atom. The van der Waals surface area contributed by atoms with E-state index in [9.17, 15) is 17.2 Å². The number of hydrogen-bond acceptors (Lipinski definition) is 4. The molecule has 0 saturated heterocycles. The van der Waals surface area contributed by atoms with E-state index in [1.807, 2.05) is 42.5 Å². The molecule has 0 spiro atoms. The summed E-state index contributed by atoms with van der Waals surface area (Å²) in [5.74, 6) is 0. The average Bonchev–Trinajstić information content (AvgIpc) is 2.66. The highest BCUT2D eigenvalue weighted by molar-refractivity contribution is 7.92. The lowest BCUT2D eigenvalue weighted by molar-refractivity contribution is 0.542. The predicted octanol–water partition coefficient (Wildman–Crippen LogP) is 4.00. The first-order chi connectivity index (χ1) is 13.4. The van der Waals surface area contributed by atoms with Gasteiger partial charge in [-0.15, -0.1) is 0 Å². The van der Waals surface area contributed by atoms with Crippen molar-refractivity contribution in [1.29, 1.82) is 0 Å². The summed E-state index contributed by atoms with van der Waals surface area (Å²) in [6.45, 7) is 0. The van der Waals surface area contributed by atoms with Crippen LogP contribution in [0.3, 0.4) is 0 Å². The van der Waals surface area contributed by atoms with Crippen molar-refractivity contribution in [2.24, 2.45) is 0 Å². The quantitative estimate of drug-likeness (QED) is 0.383. The smallest absolute Gasteiger partial charge is 0.261 e. The van der Waals surface area contributed by atoms with E-state index in [4.69, 9.17) is 0 Å². The highest BCUT2D eigenvalue weighted by atomic mass is 32.2. The minimum atomic E-state index is -3.84. The number of rotatable bonds is 5. The summed E-state index contributed by atoms with van der Waals surface area (Å²) in [4.78, 5) is 0.0347. The number of anilines is 2. The summed E-state index contributed by atoms with van der Waals surface area (Å²) in [6, 6.07) is 22.8. The van der Waals surface area contributed by atoms with Crippen molar-refractivity contribution in [1.82, 2.24) is 0 Å². The van der Waals surface area contributed by atoms with Crippen LogP contribution in [0.5, 0.6) is 0 Å². The van der Waals surface area contributed by atoms with Crippen molar-refractivity contribution in [2.45, 2.75) is 4.90 Å². The molecule has 6 nitrogen and oxygen atoms in total. The molecule has 4 aromatic rings. The number of hydrogen-bond donors (Lipinski definition) is 2. The summed E-state index contributed by atoms with van der Waals surface area (Å²) < 4.78 is 51.7. The SMILES string of the molecule is O=S([O-])Nc1ccc(S(=O)(=O)Nc2cccc3cc4ccccc4cc23)cc1. The normalized spacial score (nSPS) is 12.8. The number of fused-ring (bicyclic) bond motifs is 2. The van der Waals surface area contributed by atoms with Gasteiger partial charge < -0.3 is 9.27 Å². The fraction of sp³-hybridized carbons (Fsp3) is 0. The van der Waals surface area contributed by atoms with Crippen molar-refractivity contribution >= 4 is 54.2 Å². The van der Waals surface area contributed by atoms with Gasteiger partial charge in [0.1, 0.15) is 0 Å². The molecule has 8 heteroatoms. The second kappa shape index (κ2) is 7.23. The molecular weight excluding hydrogens is 396 g/mol. The van der Waals surface area contributed by atoms with E-state index >= 15 is 0 Å². The van der Waals surface area contributed by atoms with E-state index in [2.05, 4.69) is 9.44 Å². The van der Waals surface area contributed by atoms with Crippen LogP contribution in [0.2, 0.25) is 0 Å². The Balaban J connectivity index is 1.72. The van der Waals surface area contributed by atoms with Gasteiger partial charge in [0.25, 0.3) is 10.0 Å². The van der Waals surface area contributed by atoms with E-state index in [0.29, 0.717) is 5.69 Å². The van der Waals surface area contributed by atoms with Gasteiger partial charge in [-0.1, -0.05) is 36.4 Å². The third-order valence-electron chi connectivity index (χ3n) is 4.36. The summed E-state index contributed by atoms with van der Waals surface area (Å²) in [6.07, 6.45) is 0. The fourth-order valence-corrected chi connectivity index (χ4v) is 4.47. The summed E-state index contributed by atoms with van der Waals surface area (Å²) >= 11 is -2.47. The Morgan fingerprint density at radius 3 is 2.11 bits per heavy atom. The molecule has 0 saturated carbocycles. The van der Waals surface area contributed by atoms with Crippen LogP contribution in [0.1, 0.15) is 0 Å². The highest BCUT2D eigenvalue weighted by Crippen LogP contribution is 2.30. The first kappa shape index (κ1) is 18.4. The third kappa shape index (κ3) is 3.70. The molecule has 0 aliphatic heterocycles.